The van der Waals surface area contributed by atoms with Crippen molar-refractivity contribution in [2.24, 2.45) is 0 Å². The fourth-order valence-electron chi connectivity index (χ4n) is 3.95. The number of nitrogens with one attached hydrogen (secondary N) is 2. The fourth-order valence-corrected chi connectivity index (χ4v) is 3.95. The molecule has 0 aromatic heterocycles. The van der Waals surface area contributed by atoms with Crippen LogP contribution in [-0.4, -0.2) is 37.2 Å². The molecule has 2 aliphatic rings. The van der Waals surface area contributed by atoms with E-state index < -0.39 is 0 Å². The van der Waals surface area contributed by atoms with Gasteiger partial charge in [-0.05, 0) is 49.9 Å². The maximum absolute atomic E-state index is 12.2. The standard InChI is InChI=1S/C23H34N2O4/c26-22(24-18-7-4-2-1-3-5-8-18)14-15-23(27)25-19-10-12-20(13-11-19)29-17-21-9-6-16-28-21/h10-13,18,21H,1-9,14-17H2,(H,24,26)(H,25,27). The van der Waals surface area contributed by atoms with Crippen LogP contribution in [0.4, 0.5) is 5.69 Å². The minimum Gasteiger partial charge on any atom is -0.491 e. The van der Waals surface area contributed by atoms with Gasteiger partial charge >= 0.3 is 0 Å². The van der Waals surface area contributed by atoms with E-state index in [0.29, 0.717) is 12.3 Å². The molecular formula is C23H34N2O4. The monoisotopic (exact) mass is 402 g/mol. The van der Waals surface area contributed by atoms with Crippen molar-refractivity contribution in [3.05, 3.63) is 24.3 Å². The second-order valence-electron chi connectivity index (χ2n) is 8.13. The van der Waals surface area contributed by atoms with E-state index in [2.05, 4.69) is 10.6 Å². The largest absolute Gasteiger partial charge is 0.491 e. The van der Waals surface area contributed by atoms with Gasteiger partial charge in [-0.2, -0.15) is 0 Å². The van der Waals surface area contributed by atoms with Crippen LogP contribution in [0, 0.1) is 0 Å². The van der Waals surface area contributed by atoms with Crippen LogP contribution in [0.15, 0.2) is 24.3 Å². The smallest absolute Gasteiger partial charge is 0.224 e. The average molecular weight is 403 g/mol. The highest BCUT2D eigenvalue weighted by Gasteiger charge is 2.16. The number of anilines is 1. The minimum absolute atomic E-state index is 0.0244. The first-order chi connectivity index (χ1) is 14.2. The van der Waals surface area contributed by atoms with Crippen LogP contribution < -0.4 is 15.4 Å². The van der Waals surface area contributed by atoms with Crippen molar-refractivity contribution < 1.29 is 19.1 Å². The molecule has 3 rings (SSSR count). The van der Waals surface area contributed by atoms with Crippen molar-refractivity contribution in [3.8, 4) is 5.75 Å². The Hall–Kier alpha value is -2.08. The number of ether oxygens (including phenoxy) is 2. The van der Waals surface area contributed by atoms with Gasteiger partial charge in [0.2, 0.25) is 11.8 Å². The molecule has 160 valence electrons. The fraction of sp³-hybridized carbons (Fsp3) is 0.652. The van der Waals surface area contributed by atoms with Crippen LogP contribution in [0.1, 0.15) is 70.6 Å². The molecule has 2 fully saturated rings. The van der Waals surface area contributed by atoms with Crippen LogP contribution >= 0.6 is 0 Å². The van der Waals surface area contributed by atoms with Crippen molar-refractivity contribution in [2.45, 2.75) is 82.8 Å². The molecule has 1 aromatic rings. The highest BCUT2D eigenvalue weighted by molar-refractivity contribution is 5.93. The Labute approximate surface area is 173 Å². The van der Waals surface area contributed by atoms with Crippen LogP contribution in [0.5, 0.6) is 5.75 Å². The minimum atomic E-state index is -0.147. The van der Waals surface area contributed by atoms with E-state index in [-0.39, 0.29) is 36.8 Å². The van der Waals surface area contributed by atoms with Gasteiger partial charge in [-0.15, -0.1) is 0 Å². The Morgan fingerprint density at radius 3 is 2.28 bits per heavy atom. The molecule has 1 aliphatic heterocycles. The number of hydrogen-bond donors (Lipinski definition) is 2. The summed E-state index contributed by atoms with van der Waals surface area (Å²) in [7, 11) is 0. The maximum atomic E-state index is 12.2. The molecule has 6 nitrogen and oxygen atoms in total. The van der Waals surface area contributed by atoms with Crippen molar-refractivity contribution in [3.63, 3.8) is 0 Å². The molecule has 1 heterocycles. The summed E-state index contributed by atoms with van der Waals surface area (Å²) in [5, 5.41) is 5.95. The third kappa shape index (κ3) is 8.05. The number of carbonyl (C=O) groups excluding carboxylic acids is 2. The Kier molecular flexibility index (Phi) is 8.81. The Bertz CT molecular complexity index is 633. The topological polar surface area (TPSA) is 76.7 Å². The molecular weight excluding hydrogens is 368 g/mol. The SMILES string of the molecule is O=C(CCC(=O)NC1CCCCCCC1)Nc1ccc(OCC2CCCO2)cc1. The number of carbonyl (C=O) groups is 2. The first-order valence-corrected chi connectivity index (χ1v) is 11.1. The van der Waals surface area contributed by atoms with Gasteiger partial charge in [0.1, 0.15) is 12.4 Å². The average Bonchev–Trinajstić information content (AvgIpc) is 3.21. The van der Waals surface area contributed by atoms with Gasteiger partial charge < -0.3 is 20.1 Å². The van der Waals surface area contributed by atoms with Crippen LogP contribution in [0.25, 0.3) is 0 Å². The van der Waals surface area contributed by atoms with Gasteiger partial charge in [-0.1, -0.05) is 32.1 Å². The summed E-state index contributed by atoms with van der Waals surface area (Å²) in [5.74, 6) is 0.589. The number of benzene rings is 1. The first-order valence-electron chi connectivity index (χ1n) is 11.1. The molecule has 0 radical (unpaired) electrons. The van der Waals surface area contributed by atoms with Gasteiger partial charge in [0.05, 0.1) is 6.10 Å². The van der Waals surface area contributed by atoms with E-state index in [1.165, 1.54) is 32.1 Å². The van der Waals surface area contributed by atoms with Crippen molar-refractivity contribution in [1.29, 1.82) is 0 Å². The quantitative estimate of drug-likeness (QED) is 0.683. The molecule has 1 saturated heterocycles. The molecule has 1 aliphatic carbocycles. The molecule has 1 atom stereocenters. The van der Waals surface area contributed by atoms with Gasteiger partial charge in [-0.25, -0.2) is 0 Å². The van der Waals surface area contributed by atoms with E-state index in [4.69, 9.17) is 9.47 Å². The molecule has 6 heteroatoms. The Morgan fingerprint density at radius 1 is 0.897 bits per heavy atom. The van der Waals surface area contributed by atoms with Crippen LogP contribution in [0.3, 0.4) is 0 Å². The predicted octanol–water partition coefficient (Wildman–Crippen LogP) is 4.19. The van der Waals surface area contributed by atoms with E-state index in [1.807, 2.05) is 24.3 Å². The zero-order valence-electron chi connectivity index (χ0n) is 17.3. The van der Waals surface area contributed by atoms with Gasteiger partial charge in [0, 0.05) is 31.2 Å². The third-order valence-corrected chi connectivity index (χ3v) is 5.65. The van der Waals surface area contributed by atoms with Gasteiger partial charge in [-0.3, -0.25) is 9.59 Å². The molecule has 0 bridgehead atoms. The number of amides is 2. The molecule has 0 spiro atoms. The van der Waals surface area contributed by atoms with Crippen molar-refractivity contribution in [2.75, 3.05) is 18.5 Å². The summed E-state index contributed by atoms with van der Waals surface area (Å²) in [4.78, 5) is 24.3. The Balaban J connectivity index is 1.33. The third-order valence-electron chi connectivity index (χ3n) is 5.65. The summed E-state index contributed by atoms with van der Waals surface area (Å²) < 4.78 is 11.3. The lowest BCUT2D eigenvalue weighted by molar-refractivity contribution is -0.125. The number of rotatable bonds is 8. The highest BCUT2D eigenvalue weighted by Crippen LogP contribution is 2.19. The van der Waals surface area contributed by atoms with Gasteiger partial charge in [0.25, 0.3) is 0 Å². The van der Waals surface area contributed by atoms with Crippen molar-refractivity contribution >= 4 is 17.5 Å². The molecule has 2 N–H and O–H groups in total. The lowest BCUT2D eigenvalue weighted by Crippen LogP contribution is -2.35. The normalized spacial score (nSPS) is 20.5. The van der Waals surface area contributed by atoms with Crippen LogP contribution in [0.2, 0.25) is 0 Å². The summed E-state index contributed by atoms with van der Waals surface area (Å²) in [5.41, 5.74) is 0.708. The summed E-state index contributed by atoms with van der Waals surface area (Å²) >= 11 is 0. The zero-order chi connectivity index (χ0) is 20.3. The summed E-state index contributed by atoms with van der Waals surface area (Å²) in [6.45, 7) is 1.37. The molecule has 1 saturated carbocycles. The molecule has 29 heavy (non-hydrogen) atoms. The van der Waals surface area contributed by atoms with Crippen LogP contribution in [-0.2, 0) is 14.3 Å². The summed E-state index contributed by atoms with van der Waals surface area (Å²) in [6, 6.07) is 7.58. The van der Waals surface area contributed by atoms with E-state index >= 15 is 0 Å². The number of hydrogen-bond acceptors (Lipinski definition) is 4. The predicted molar refractivity (Wildman–Crippen MR) is 113 cm³/mol. The maximum Gasteiger partial charge on any atom is 0.224 e. The second-order valence-corrected chi connectivity index (χ2v) is 8.13. The Morgan fingerprint density at radius 2 is 1.59 bits per heavy atom. The first kappa shape index (κ1) is 21.6. The van der Waals surface area contributed by atoms with E-state index in [9.17, 15) is 9.59 Å². The van der Waals surface area contributed by atoms with E-state index in [0.717, 1.165) is 38.0 Å². The summed E-state index contributed by atoms with van der Waals surface area (Å²) in [6.07, 6.45) is 11.0. The van der Waals surface area contributed by atoms with E-state index in [1.54, 1.807) is 0 Å². The van der Waals surface area contributed by atoms with Crippen molar-refractivity contribution in [1.82, 2.24) is 5.32 Å². The molecule has 1 unspecified atom stereocenters. The second kappa shape index (κ2) is 11.8. The highest BCUT2D eigenvalue weighted by atomic mass is 16.5. The lowest BCUT2D eigenvalue weighted by atomic mass is 9.96. The molecule has 2 amide bonds. The molecule has 1 aromatic carbocycles. The lowest BCUT2D eigenvalue weighted by Gasteiger charge is -2.21. The van der Waals surface area contributed by atoms with Gasteiger partial charge in [0.15, 0.2) is 0 Å². The zero-order valence-corrected chi connectivity index (χ0v) is 17.3.